The van der Waals surface area contributed by atoms with Crippen LogP contribution in [-0.4, -0.2) is 9.91 Å². The second kappa shape index (κ2) is 5.16. The molecule has 3 aromatic rings. The first-order valence-electron chi connectivity index (χ1n) is 6.10. The van der Waals surface area contributed by atoms with E-state index in [0.717, 1.165) is 23.0 Å². The van der Waals surface area contributed by atoms with Crippen LogP contribution >= 0.6 is 0 Å². The SMILES string of the molecule is O=[N+]([O-])c1cc(F)ccc1Oc1ccc2ncccc2c1. The summed E-state index contributed by atoms with van der Waals surface area (Å²) in [5.41, 5.74) is 0.375. The molecule has 5 nitrogen and oxygen atoms in total. The number of ether oxygens (including phenoxy) is 1. The standard InChI is InChI=1S/C15H9FN2O3/c16-11-3-6-15(14(9-11)18(19)20)21-12-4-5-13-10(8-12)2-1-7-17-13/h1-9H. The molecule has 0 aliphatic carbocycles. The van der Waals surface area contributed by atoms with E-state index in [2.05, 4.69) is 4.98 Å². The number of aromatic nitrogens is 1. The number of halogens is 1. The Morgan fingerprint density at radius 3 is 2.81 bits per heavy atom. The van der Waals surface area contributed by atoms with Gasteiger partial charge in [0.2, 0.25) is 5.75 Å². The Morgan fingerprint density at radius 2 is 2.00 bits per heavy atom. The second-order valence-electron chi connectivity index (χ2n) is 4.33. The van der Waals surface area contributed by atoms with Crippen LogP contribution in [0.2, 0.25) is 0 Å². The lowest BCUT2D eigenvalue weighted by Gasteiger charge is -2.07. The highest BCUT2D eigenvalue weighted by molar-refractivity contribution is 5.79. The molecule has 0 unspecified atom stereocenters. The van der Waals surface area contributed by atoms with Gasteiger partial charge in [0, 0.05) is 11.6 Å². The maximum atomic E-state index is 13.1. The van der Waals surface area contributed by atoms with Gasteiger partial charge in [-0.3, -0.25) is 15.1 Å². The summed E-state index contributed by atoms with van der Waals surface area (Å²) in [6.07, 6.45) is 1.67. The fourth-order valence-corrected chi connectivity index (χ4v) is 1.96. The van der Waals surface area contributed by atoms with E-state index in [9.17, 15) is 14.5 Å². The van der Waals surface area contributed by atoms with Gasteiger partial charge >= 0.3 is 5.69 Å². The molecule has 104 valence electrons. The zero-order chi connectivity index (χ0) is 14.8. The highest BCUT2D eigenvalue weighted by atomic mass is 19.1. The number of fused-ring (bicyclic) bond motifs is 1. The van der Waals surface area contributed by atoms with Crippen molar-refractivity contribution in [3.05, 3.63) is 70.7 Å². The summed E-state index contributed by atoms with van der Waals surface area (Å²) in [7, 11) is 0. The molecule has 0 saturated heterocycles. The maximum Gasteiger partial charge on any atom is 0.314 e. The number of nitro groups is 1. The molecule has 0 N–H and O–H groups in total. The third-order valence-electron chi connectivity index (χ3n) is 2.92. The zero-order valence-electron chi connectivity index (χ0n) is 10.7. The number of nitro benzene ring substituents is 1. The molecule has 1 heterocycles. The molecule has 2 aromatic carbocycles. The number of benzene rings is 2. The molecule has 21 heavy (non-hydrogen) atoms. The van der Waals surface area contributed by atoms with Crippen LogP contribution in [0.5, 0.6) is 11.5 Å². The second-order valence-corrected chi connectivity index (χ2v) is 4.33. The van der Waals surface area contributed by atoms with Gasteiger partial charge in [-0.1, -0.05) is 6.07 Å². The minimum Gasteiger partial charge on any atom is -0.450 e. The number of pyridine rings is 1. The lowest BCUT2D eigenvalue weighted by atomic mass is 10.2. The summed E-state index contributed by atoms with van der Waals surface area (Å²) in [4.78, 5) is 14.4. The van der Waals surface area contributed by atoms with Gasteiger partial charge in [0.05, 0.1) is 16.5 Å². The van der Waals surface area contributed by atoms with Crippen molar-refractivity contribution in [1.82, 2.24) is 4.98 Å². The first-order chi connectivity index (χ1) is 10.1. The van der Waals surface area contributed by atoms with Crippen LogP contribution in [0.1, 0.15) is 0 Å². The Kier molecular flexibility index (Phi) is 3.19. The van der Waals surface area contributed by atoms with Crippen molar-refractivity contribution in [3.63, 3.8) is 0 Å². The van der Waals surface area contributed by atoms with E-state index in [-0.39, 0.29) is 5.75 Å². The van der Waals surface area contributed by atoms with Crippen molar-refractivity contribution in [2.45, 2.75) is 0 Å². The van der Waals surface area contributed by atoms with E-state index in [0.29, 0.717) is 5.75 Å². The van der Waals surface area contributed by atoms with Crippen molar-refractivity contribution in [3.8, 4) is 11.5 Å². The third-order valence-corrected chi connectivity index (χ3v) is 2.92. The molecule has 3 rings (SSSR count). The van der Waals surface area contributed by atoms with Gasteiger partial charge in [0.25, 0.3) is 0 Å². The Labute approximate surface area is 118 Å². The van der Waals surface area contributed by atoms with Crippen molar-refractivity contribution in [2.24, 2.45) is 0 Å². The van der Waals surface area contributed by atoms with Crippen LogP contribution in [0.15, 0.2) is 54.7 Å². The van der Waals surface area contributed by atoms with Crippen LogP contribution in [0.3, 0.4) is 0 Å². The summed E-state index contributed by atoms with van der Waals surface area (Å²) >= 11 is 0. The molecular formula is C15H9FN2O3. The summed E-state index contributed by atoms with van der Waals surface area (Å²) < 4.78 is 18.6. The smallest absolute Gasteiger partial charge is 0.314 e. The van der Waals surface area contributed by atoms with Crippen LogP contribution in [-0.2, 0) is 0 Å². The molecule has 0 aliphatic heterocycles. The van der Waals surface area contributed by atoms with Gasteiger partial charge in [-0.2, -0.15) is 0 Å². The number of hydrogen-bond acceptors (Lipinski definition) is 4. The van der Waals surface area contributed by atoms with Crippen LogP contribution in [0, 0.1) is 15.9 Å². The van der Waals surface area contributed by atoms with Crippen molar-refractivity contribution < 1.29 is 14.1 Å². The normalized spacial score (nSPS) is 10.5. The van der Waals surface area contributed by atoms with Crippen LogP contribution in [0.25, 0.3) is 10.9 Å². The minimum atomic E-state index is -0.684. The van der Waals surface area contributed by atoms with E-state index in [1.165, 1.54) is 6.07 Å². The molecule has 0 fully saturated rings. The molecule has 1 aromatic heterocycles. The van der Waals surface area contributed by atoms with Crippen LogP contribution < -0.4 is 4.74 Å². The lowest BCUT2D eigenvalue weighted by molar-refractivity contribution is -0.385. The monoisotopic (exact) mass is 284 g/mol. The molecule has 6 heteroatoms. The number of nitrogens with zero attached hydrogens (tertiary/aromatic N) is 2. The predicted octanol–water partition coefficient (Wildman–Crippen LogP) is 4.07. The van der Waals surface area contributed by atoms with Crippen LogP contribution in [0.4, 0.5) is 10.1 Å². The quantitative estimate of drug-likeness (QED) is 0.537. The van der Waals surface area contributed by atoms with E-state index in [1.807, 2.05) is 6.07 Å². The van der Waals surface area contributed by atoms with E-state index in [1.54, 1.807) is 30.5 Å². The van der Waals surface area contributed by atoms with Gasteiger partial charge in [0.15, 0.2) is 0 Å². The Balaban J connectivity index is 2.00. The predicted molar refractivity (Wildman–Crippen MR) is 74.9 cm³/mol. The summed E-state index contributed by atoms with van der Waals surface area (Å²) in [5, 5.41) is 11.8. The zero-order valence-corrected chi connectivity index (χ0v) is 10.7. The Bertz CT molecular complexity index is 836. The molecule has 0 amide bonds. The molecular weight excluding hydrogens is 275 g/mol. The van der Waals surface area contributed by atoms with Gasteiger partial charge < -0.3 is 4.74 Å². The Hall–Kier alpha value is -3.02. The highest BCUT2D eigenvalue weighted by Crippen LogP contribution is 2.32. The highest BCUT2D eigenvalue weighted by Gasteiger charge is 2.17. The number of rotatable bonds is 3. The molecule has 0 radical (unpaired) electrons. The summed E-state index contributed by atoms with van der Waals surface area (Å²) in [6, 6.07) is 11.9. The lowest BCUT2D eigenvalue weighted by Crippen LogP contribution is -1.94. The first kappa shape index (κ1) is 13.0. The number of hydrogen-bond donors (Lipinski definition) is 0. The van der Waals surface area contributed by atoms with Gasteiger partial charge in [-0.25, -0.2) is 4.39 Å². The Morgan fingerprint density at radius 1 is 1.14 bits per heavy atom. The molecule has 0 saturated carbocycles. The van der Waals surface area contributed by atoms with Crippen molar-refractivity contribution in [1.29, 1.82) is 0 Å². The fraction of sp³-hybridized carbons (Fsp3) is 0. The summed E-state index contributed by atoms with van der Waals surface area (Å²) in [6.45, 7) is 0. The molecule has 0 atom stereocenters. The summed E-state index contributed by atoms with van der Waals surface area (Å²) in [5.74, 6) is -0.272. The molecule has 0 bridgehead atoms. The minimum absolute atomic E-state index is 0.00959. The maximum absolute atomic E-state index is 13.1. The van der Waals surface area contributed by atoms with E-state index >= 15 is 0 Å². The van der Waals surface area contributed by atoms with Gasteiger partial charge in [0.1, 0.15) is 11.6 Å². The van der Waals surface area contributed by atoms with Crippen molar-refractivity contribution in [2.75, 3.05) is 0 Å². The van der Waals surface area contributed by atoms with Gasteiger partial charge in [-0.05, 0) is 36.4 Å². The molecule has 0 aliphatic rings. The largest absolute Gasteiger partial charge is 0.450 e. The third kappa shape index (κ3) is 2.64. The average Bonchev–Trinajstić information content (AvgIpc) is 2.49. The van der Waals surface area contributed by atoms with Gasteiger partial charge in [-0.15, -0.1) is 0 Å². The topological polar surface area (TPSA) is 65.3 Å². The van der Waals surface area contributed by atoms with Crippen molar-refractivity contribution >= 4 is 16.6 Å². The van der Waals surface area contributed by atoms with E-state index in [4.69, 9.17) is 4.74 Å². The fourth-order valence-electron chi connectivity index (χ4n) is 1.96. The molecule has 0 spiro atoms. The first-order valence-corrected chi connectivity index (χ1v) is 6.10. The van der Waals surface area contributed by atoms with E-state index < -0.39 is 16.4 Å². The average molecular weight is 284 g/mol.